The van der Waals surface area contributed by atoms with Crippen LogP contribution in [0, 0.1) is 0 Å². The van der Waals surface area contributed by atoms with Crippen molar-refractivity contribution in [2.45, 2.75) is 18.9 Å². The van der Waals surface area contributed by atoms with E-state index in [-0.39, 0.29) is 11.9 Å². The third kappa shape index (κ3) is 3.15. The first kappa shape index (κ1) is 18.8. The van der Waals surface area contributed by atoms with Crippen molar-refractivity contribution < 1.29 is 4.79 Å². The van der Waals surface area contributed by atoms with Gasteiger partial charge < -0.3 is 10.2 Å². The summed E-state index contributed by atoms with van der Waals surface area (Å²) >= 11 is 0. The molecule has 1 atom stereocenters. The van der Waals surface area contributed by atoms with Gasteiger partial charge in [-0.05, 0) is 23.6 Å². The quantitative estimate of drug-likeness (QED) is 0.807. The van der Waals surface area contributed by atoms with E-state index in [0.717, 1.165) is 41.2 Å². The normalized spacial score (nSPS) is 21.8. The summed E-state index contributed by atoms with van der Waals surface area (Å²) in [7, 11) is 5.62. The van der Waals surface area contributed by atoms with Crippen LogP contribution in [0.15, 0.2) is 57.4 Å². The molecule has 154 valence electrons. The number of carbonyl (C=O) groups is 1. The van der Waals surface area contributed by atoms with Crippen molar-refractivity contribution in [2.24, 2.45) is 10.2 Å². The lowest BCUT2D eigenvalue weighted by atomic mass is 9.88. The van der Waals surface area contributed by atoms with E-state index in [4.69, 9.17) is 10.2 Å². The summed E-state index contributed by atoms with van der Waals surface area (Å²) in [5, 5.41) is 15.0. The molecular formula is C23H26N6O. The minimum atomic E-state index is 0.131. The number of likely N-dealkylation sites (N-methyl/N-ethyl adjacent to an activating group) is 1. The number of nitrogens with one attached hydrogen (secondary N) is 2. The molecule has 2 N–H and O–H groups in total. The van der Waals surface area contributed by atoms with Gasteiger partial charge in [-0.1, -0.05) is 30.4 Å². The highest BCUT2D eigenvalue weighted by atomic mass is 16.2. The van der Waals surface area contributed by atoms with Crippen molar-refractivity contribution in [3.8, 4) is 0 Å². The number of hydrogen-bond donors (Lipinski definition) is 2. The van der Waals surface area contributed by atoms with Gasteiger partial charge in [0.15, 0.2) is 0 Å². The van der Waals surface area contributed by atoms with Crippen LogP contribution in [-0.2, 0) is 4.79 Å². The lowest BCUT2D eigenvalue weighted by Crippen LogP contribution is -2.39. The van der Waals surface area contributed by atoms with E-state index in [1.54, 1.807) is 19.0 Å². The number of hydrazone groups is 2. The predicted octanol–water partition coefficient (Wildman–Crippen LogP) is 1.69. The first-order chi connectivity index (χ1) is 14.5. The van der Waals surface area contributed by atoms with Gasteiger partial charge in [0.1, 0.15) is 5.71 Å². The molecule has 0 spiro atoms. The number of allylic oxidation sites excluding steroid dienone is 2. The lowest BCUT2D eigenvalue weighted by molar-refractivity contribution is -0.129. The first-order valence-corrected chi connectivity index (χ1v) is 10.3. The Morgan fingerprint density at radius 2 is 2.17 bits per heavy atom. The highest BCUT2D eigenvalue weighted by Crippen LogP contribution is 2.33. The van der Waals surface area contributed by atoms with E-state index in [1.807, 2.05) is 12.1 Å². The first-order valence-electron chi connectivity index (χ1n) is 10.3. The zero-order valence-electron chi connectivity index (χ0n) is 17.6. The maximum absolute atomic E-state index is 12.2. The fraction of sp³-hybridized carbons (Fsp3) is 0.348. The third-order valence-corrected chi connectivity index (χ3v) is 6.04. The number of benzene rings is 1. The van der Waals surface area contributed by atoms with Gasteiger partial charge in [-0.25, -0.2) is 0 Å². The van der Waals surface area contributed by atoms with E-state index in [2.05, 4.69) is 47.2 Å². The Kier molecular flexibility index (Phi) is 4.55. The van der Waals surface area contributed by atoms with Gasteiger partial charge in [0, 0.05) is 56.9 Å². The summed E-state index contributed by atoms with van der Waals surface area (Å²) in [6.07, 6.45) is 7.69. The van der Waals surface area contributed by atoms with E-state index in [9.17, 15) is 4.79 Å². The minimum absolute atomic E-state index is 0.131. The van der Waals surface area contributed by atoms with Crippen molar-refractivity contribution in [1.82, 2.24) is 20.7 Å². The molecule has 0 radical (unpaired) electrons. The Bertz CT molecular complexity index is 1080. The standard InChI is InChI=1S/C23H26N6O/c1-28(2)20(30)12-16-11-15(9-10-24-16)18-13-29(3)27-23-17-6-4-5-14-7-8-19(21(14)17)25-26-22(18)23/h4-9,16,24,26H,10-13H2,1-3H3. The molecule has 3 heterocycles. The van der Waals surface area contributed by atoms with Crippen molar-refractivity contribution in [1.29, 1.82) is 0 Å². The topological polar surface area (TPSA) is 72.3 Å². The van der Waals surface area contributed by atoms with Crippen LogP contribution in [0.5, 0.6) is 0 Å². The Morgan fingerprint density at radius 3 is 3.00 bits per heavy atom. The van der Waals surface area contributed by atoms with Gasteiger partial charge >= 0.3 is 0 Å². The number of fused-ring (bicyclic) bond motifs is 2. The second-order valence-corrected chi connectivity index (χ2v) is 8.36. The fourth-order valence-electron chi connectivity index (χ4n) is 4.49. The Balaban J connectivity index is 1.53. The third-order valence-electron chi connectivity index (χ3n) is 6.04. The lowest BCUT2D eigenvalue weighted by Gasteiger charge is -2.31. The van der Waals surface area contributed by atoms with Crippen LogP contribution in [0.2, 0.25) is 0 Å². The van der Waals surface area contributed by atoms with Gasteiger partial charge in [-0.15, -0.1) is 0 Å². The zero-order chi connectivity index (χ0) is 20.8. The summed E-state index contributed by atoms with van der Waals surface area (Å²) in [5.74, 6) is 0.145. The number of rotatable bonds is 3. The van der Waals surface area contributed by atoms with Crippen molar-refractivity contribution in [2.75, 3.05) is 34.2 Å². The van der Waals surface area contributed by atoms with Gasteiger partial charge in [0.2, 0.25) is 5.91 Å². The summed E-state index contributed by atoms with van der Waals surface area (Å²) in [6.45, 7) is 1.47. The maximum atomic E-state index is 12.2. The molecule has 0 saturated carbocycles. The van der Waals surface area contributed by atoms with Crippen molar-refractivity contribution in [3.05, 3.63) is 63.9 Å². The second kappa shape index (κ2) is 7.25. The zero-order valence-corrected chi connectivity index (χ0v) is 17.6. The van der Waals surface area contributed by atoms with Crippen LogP contribution in [0.25, 0.3) is 6.08 Å². The maximum Gasteiger partial charge on any atom is 0.223 e. The van der Waals surface area contributed by atoms with Crippen LogP contribution >= 0.6 is 0 Å². The van der Waals surface area contributed by atoms with Crippen molar-refractivity contribution in [3.63, 3.8) is 0 Å². The molecule has 4 aliphatic rings. The second-order valence-electron chi connectivity index (χ2n) is 8.36. The monoisotopic (exact) mass is 402 g/mol. The molecule has 1 aliphatic carbocycles. The molecule has 1 amide bonds. The molecule has 1 aromatic rings. The Morgan fingerprint density at radius 1 is 1.30 bits per heavy atom. The largest absolute Gasteiger partial charge is 0.349 e. The van der Waals surface area contributed by atoms with Gasteiger partial charge in [-0.2, -0.15) is 10.2 Å². The number of carbonyl (C=O) groups excluding carboxylic acids is 1. The molecule has 1 aromatic carbocycles. The van der Waals surface area contributed by atoms with Crippen LogP contribution in [-0.4, -0.2) is 67.5 Å². The molecule has 0 bridgehead atoms. The average Bonchev–Trinajstić information content (AvgIpc) is 3.08. The SMILES string of the molecule is CN1CC(C2=CCNC(CC(=O)N(C)C)C2)=C2NN=C3C=Cc4cccc(c43)C2=N1. The molecule has 0 fully saturated rings. The summed E-state index contributed by atoms with van der Waals surface area (Å²) in [4.78, 5) is 13.9. The highest BCUT2D eigenvalue weighted by Gasteiger charge is 2.32. The number of amides is 1. The molecule has 7 nitrogen and oxygen atoms in total. The molecule has 0 saturated heterocycles. The van der Waals surface area contributed by atoms with E-state index in [0.29, 0.717) is 13.0 Å². The molecule has 3 aliphatic heterocycles. The van der Waals surface area contributed by atoms with Gasteiger partial charge in [-0.3, -0.25) is 15.2 Å². The predicted molar refractivity (Wildman–Crippen MR) is 119 cm³/mol. The molecular weight excluding hydrogens is 376 g/mol. The average molecular weight is 403 g/mol. The minimum Gasteiger partial charge on any atom is -0.349 e. The van der Waals surface area contributed by atoms with E-state index >= 15 is 0 Å². The van der Waals surface area contributed by atoms with E-state index in [1.165, 1.54) is 16.7 Å². The summed E-state index contributed by atoms with van der Waals surface area (Å²) < 4.78 is 0. The summed E-state index contributed by atoms with van der Waals surface area (Å²) in [6, 6.07) is 6.45. The molecule has 7 heteroatoms. The molecule has 5 rings (SSSR count). The van der Waals surface area contributed by atoms with Crippen LogP contribution in [0.4, 0.5) is 0 Å². The van der Waals surface area contributed by atoms with Crippen LogP contribution in [0.3, 0.4) is 0 Å². The van der Waals surface area contributed by atoms with Crippen LogP contribution < -0.4 is 10.7 Å². The number of nitrogens with zero attached hydrogens (tertiary/aromatic N) is 4. The van der Waals surface area contributed by atoms with Gasteiger partial charge in [0.05, 0.1) is 18.0 Å². The fourth-order valence-corrected chi connectivity index (χ4v) is 4.49. The summed E-state index contributed by atoms with van der Waals surface area (Å²) in [5.41, 5.74) is 12.1. The van der Waals surface area contributed by atoms with E-state index < -0.39 is 0 Å². The molecule has 1 unspecified atom stereocenters. The van der Waals surface area contributed by atoms with Crippen molar-refractivity contribution >= 4 is 23.4 Å². The highest BCUT2D eigenvalue weighted by molar-refractivity contribution is 6.27. The Hall–Kier alpha value is -3.19. The number of hydrogen-bond acceptors (Lipinski definition) is 6. The van der Waals surface area contributed by atoms with Crippen LogP contribution in [0.1, 0.15) is 29.5 Å². The smallest absolute Gasteiger partial charge is 0.223 e. The van der Waals surface area contributed by atoms with Gasteiger partial charge in [0.25, 0.3) is 0 Å². The molecule has 0 aromatic heterocycles. The Labute approximate surface area is 176 Å². The molecule has 30 heavy (non-hydrogen) atoms.